The molecule has 0 saturated carbocycles. The number of nitrogens with two attached hydrogens (primary N) is 2. The van der Waals surface area contributed by atoms with Gasteiger partial charge in [0, 0.05) is 6.42 Å². The number of aromatic nitrogens is 2. The maximum atomic E-state index is 11.3. The molecule has 4 N–H and O–H groups in total. The Balaban J connectivity index is 3.14. The van der Waals surface area contributed by atoms with Crippen LogP contribution >= 0.6 is 12.6 Å². The van der Waals surface area contributed by atoms with Crippen molar-refractivity contribution in [1.29, 1.82) is 0 Å². The predicted octanol–water partition coefficient (Wildman–Crippen LogP) is 0.0401. The van der Waals surface area contributed by atoms with E-state index in [1.807, 2.05) is 0 Å². The largest absolute Gasteiger partial charge is 0.754 e. The number of unbranched alkanes of at least 4 members (excludes halogenated alkanes) is 1. The third-order valence-electron chi connectivity index (χ3n) is 2.20. The summed E-state index contributed by atoms with van der Waals surface area (Å²) >= 11 is 4.03. The summed E-state index contributed by atoms with van der Waals surface area (Å²) in [5, 5.41) is 22.1. The minimum Gasteiger partial charge on any atom is -0.754 e. The molecule has 1 rings (SSSR count). The first-order chi connectivity index (χ1) is 7.99. The number of thiol groups is 1. The molecule has 0 spiro atoms. The van der Waals surface area contributed by atoms with Crippen molar-refractivity contribution in [2.75, 3.05) is 17.2 Å². The zero-order valence-corrected chi connectivity index (χ0v) is 9.89. The number of nitrogen functional groups attached to an aromatic ring is 2. The molecule has 1 aromatic heterocycles. The Labute approximate surface area is 103 Å². The molecule has 9 heteroatoms. The molecule has 0 saturated heterocycles. The first kappa shape index (κ1) is 13.3. The van der Waals surface area contributed by atoms with Gasteiger partial charge in [-0.25, -0.2) is 4.73 Å². The summed E-state index contributed by atoms with van der Waals surface area (Å²) in [6.45, 7) is 0. The molecule has 0 aliphatic carbocycles. The molecule has 0 fully saturated rings. The second-order valence-electron chi connectivity index (χ2n) is 3.38. The number of aryl methyl sites for hydroxylation is 1. The van der Waals surface area contributed by atoms with Gasteiger partial charge in [0.15, 0.2) is 5.69 Å². The molecule has 0 atom stereocenters. The Morgan fingerprint density at radius 3 is 2.59 bits per heavy atom. The number of hydrogen-bond donors (Lipinski definition) is 3. The molecule has 94 valence electrons. The summed E-state index contributed by atoms with van der Waals surface area (Å²) in [6, 6.07) is 0. The molecule has 0 radical (unpaired) electrons. The van der Waals surface area contributed by atoms with Crippen molar-refractivity contribution in [2.24, 2.45) is 0 Å². The molecule has 0 aliphatic heterocycles. The van der Waals surface area contributed by atoms with Gasteiger partial charge in [0.1, 0.15) is 0 Å². The highest BCUT2D eigenvalue weighted by molar-refractivity contribution is 7.80. The first-order valence-corrected chi connectivity index (χ1v) is 5.55. The molecule has 0 aromatic carbocycles. The Kier molecular flexibility index (Phi) is 4.32. The third-order valence-corrected chi connectivity index (χ3v) is 2.51. The third kappa shape index (κ3) is 2.87. The highest BCUT2D eigenvalue weighted by Crippen LogP contribution is 2.23. The summed E-state index contributed by atoms with van der Waals surface area (Å²) in [7, 11) is 0. The molecule has 0 unspecified atom stereocenters. The van der Waals surface area contributed by atoms with Gasteiger partial charge in [-0.1, -0.05) is 0 Å². The summed E-state index contributed by atoms with van der Waals surface area (Å²) < 4.78 is 0.0558. The predicted molar refractivity (Wildman–Crippen MR) is 65.5 cm³/mol. The van der Waals surface area contributed by atoms with Crippen LogP contribution < -0.4 is 16.2 Å². The Morgan fingerprint density at radius 1 is 1.41 bits per heavy atom. The molecule has 1 heterocycles. The summed E-state index contributed by atoms with van der Waals surface area (Å²) in [5.41, 5.74) is 10.4. The maximum Gasteiger partial charge on any atom is 0.366 e. The standard InChI is InChI=1S/C8H13N5O3S/c9-7-6(13(15)16)5(3-1-2-4-17)11-8(10)12(7)14/h17H,1-4,9H2,(H2,10,11). The van der Waals surface area contributed by atoms with Crippen LogP contribution in [0.3, 0.4) is 0 Å². The van der Waals surface area contributed by atoms with Crippen molar-refractivity contribution in [3.05, 3.63) is 21.0 Å². The monoisotopic (exact) mass is 259 g/mol. The highest BCUT2D eigenvalue weighted by atomic mass is 32.1. The fourth-order valence-electron chi connectivity index (χ4n) is 1.38. The van der Waals surface area contributed by atoms with Crippen LogP contribution in [-0.4, -0.2) is 15.7 Å². The summed E-state index contributed by atoms with van der Waals surface area (Å²) in [6.07, 6.45) is 1.79. The van der Waals surface area contributed by atoms with E-state index in [9.17, 15) is 15.3 Å². The number of hydrogen-bond acceptors (Lipinski definition) is 7. The molecule has 0 bridgehead atoms. The van der Waals surface area contributed by atoms with Crippen LogP contribution in [0.1, 0.15) is 18.5 Å². The fourth-order valence-corrected chi connectivity index (χ4v) is 1.61. The molecule has 8 nitrogen and oxygen atoms in total. The van der Waals surface area contributed by atoms with Crippen molar-refractivity contribution >= 4 is 30.1 Å². The average Bonchev–Trinajstić information content (AvgIpc) is 2.26. The van der Waals surface area contributed by atoms with Crippen molar-refractivity contribution < 1.29 is 9.65 Å². The van der Waals surface area contributed by atoms with Crippen LogP contribution in [0, 0.1) is 15.3 Å². The molecule has 0 amide bonds. The minimum atomic E-state index is -0.716. The van der Waals surface area contributed by atoms with E-state index in [4.69, 9.17) is 11.5 Å². The quantitative estimate of drug-likeness (QED) is 0.171. The smallest absolute Gasteiger partial charge is 0.366 e. The van der Waals surface area contributed by atoms with Gasteiger partial charge in [0.2, 0.25) is 0 Å². The van der Waals surface area contributed by atoms with E-state index in [0.29, 0.717) is 18.6 Å². The zero-order valence-electron chi connectivity index (χ0n) is 9.00. The van der Waals surface area contributed by atoms with Gasteiger partial charge in [-0.05, 0) is 18.6 Å². The van der Waals surface area contributed by atoms with Crippen LogP contribution in [0.15, 0.2) is 0 Å². The molecule has 0 aliphatic rings. The Bertz CT molecular complexity index is 440. The number of rotatable bonds is 5. The number of anilines is 2. The van der Waals surface area contributed by atoms with Gasteiger partial charge < -0.3 is 16.7 Å². The van der Waals surface area contributed by atoms with Crippen molar-refractivity contribution in [3.63, 3.8) is 0 Å². The van der Waals surface area contributed by atoms with E-state index in [-0.39, 0.29) is 16.4 Å². The van der Waals surface area contributed by atoms with Crippen LogP contribution in [0.2, 0.25) is 0 Å². The second kappa shape index (κ2) is 5.53. The zero-order chi connectivity index (χ0) is 13.0. The van der Waals surface area contributed by atoms with E-state index in [2.05, 4.69) is 17.6 Å². The van der Waals surface area contributed by atoms with Crippen molar-refractivity contribution in [2.45, 2.75) is 19.3 Å². The van der Waals surface area contributed by atoms with Gasteiger partial charge in [0.05, 0.1) is 4.92 Å². The van der Waals surface area contributed by atoms with Crippen molar-refractivity contribution in [1.82, 2.24) is 4.98 Å². The van der Waals surface area contributed by atoms with Crippen LogP contribution in [0.25, 0.3) is 0 Å². The lowest BCUT2D eigenvalue weighted by molar-refractivity contribution is -0.581. The van der Waals surface area contributed by atoms with Crippen LogP contribution in [0.4, 0.5) is 17.5 Å². The molecule has 1 aromatic rings. The van der Waals surface area contributed by atoms with E-state index in [0.717, 1.165) is 6.42 Å². The van der Waals surface area contributed by atoms with E-state index in [1.54, 1.807) is 0 Å². The lowest BCUT2D eigenvalue weighted by atomic mass is 10.1. The summed E-state index contributed by atoms with van der Waals surface area (Å²) in [4.78, 5) is 13.8. The van der Waals surface area contributed by atoms with E-state index >= 15 is 0 Å². The highest BCUT2D eigenvalue weighted by Gasteiger charge is 2.27. The SMILES string of the molecule is Nc1nc(CCCCS)c([N+](=O)[O-])c(N)[n+]1[O-]. The fraction of sp³-hybridized carbons (Fsp3) is 0.500. The number of nitrogens with zero attached hydrogens (tertiary/aromatic N) is 3. The molecular weight excluding hydrogens is 246 g/mol. The molecular formula is C8H13N5O3S. The Hall–Kier alpha value is -1.77. The van der Waals surface area contributed by atoms with Crippen molar-refractivity contribution in [3.8, 4) is 0 Å². The molecule has 17 heavy (non-hydrogen) atoms. The van der Waals surface area contributed by atoms with Crippen LogP contribution in [0.5, 0.6) is 0 Å². The first-order valence-electron chi connectivity index (χ1n) is 4.91. The average molecular weight is 259 g/mol. The van der Waals surface area contributed by atoms with Gasteiger partial charge in [-0.3, -0.25) is 10.1 Å². The summed E-state index contributed by atoms with van der Waals surface area (Å²) in [5.74, 6) is -0.231. The lowest BCUT2D eigenvalue weighted by Crippen LogP contribution is -2.37. The van der Waals surface area contributed by atoms with E-state index < -0.39 is 16.4 Å². The van der Waals surface area contributed by atoms with E-state index in [1.165, 1.54) is 0 Å². The topological polar surface area (TPSA) is 135 Å². The van der Waals surface area contributed by atoms with Gasteiger partial charge in [-0.2, -0.15) is 12.6 Å². The maximum absolute atomic E-state index is 11.3. The normalized spacial score (nSPS) is 10.4. The lowest BCUT2D eigenvalue weighted by Gasteiger charge is -2.10. The number of nitro groups is 1. The van der Waals surface area contributed by atoms with Gasteiger partial charge in [0.25, 0.3) is 5.82 Å². The minimum absolute atomic E-state index is 0.0558. The van der Waals surface area contributed by atoms with Crippen LogP contribution in [-0.2, 0) is 6.42 Å². The van der Waals surface area contributed by atoms with Gasteiger partial charge >= 0.3 is 11.6 Å². The Morgan fingerprint density at radius 2 is 2.06 bits per heavy atom. The van der Waals surface area contributed by atoms with Gasteiger partial charge in [-0.15, -0.1) is 4.98 Å². The second-order valence-corrected chi connectivity index (χ2v) is 3.83.